The Morgan fingerprint density at radius 3 is 3.05 bits per heavy atom. The van der Waals surface area contributed by atoms with Gasteiger partial charge in [0.1, 0.15) is 0 Å². The summed E-state index contributed by atoms with van der Waals surface area (Å²) >= 11 is 1.82. The number of hydrogen-bond donors (Lipinski definition) is 1. The van der Waals surface area contributed by atoms with Gasteiger partial charge in [-0.1, -0.05) is 13.3 Å². The minimum Gasteiger partial charge on any atom is -0.336 e. The largest absolute Gasteiger partial charge is 0.336 e. The number of amides is 1. The summed E-state index contributed by atoms with van der Waals surface area (Å²) in [4.78, 5) is 16.0. The third-order valence-electron chi connectivity index (χ3n) is 4.52. The molecule has 0 saturated heterocycles. The summed E-state index contributed by atoms with van der Waals surface area (Å²) in [5, 5.41) is 2.14. The van der Waals surface area contributed by atoms with Gasteiger partial charge in [0.25, 0.3) is 0 Å². The fourth-order valence-corrected chi connectivity index (χ4v) is 4.07. The molecule has 0 fully saturated rings. The summed E-state index contributed by atoms with van der Waals surface area (Å²) < 4.78 is 0. The molecule has 0 aliphatic carbocycles. The van der Waals surface area contributed by atoms with Crippen molar-refractivity contribution < 1.29 is 4.79 Å². The number of hydrogen-bond acceptors (Lipinski definition) is 3. The second-order valence-corrected chi connectivity index (χ2v) is 6.70. The Balaban J connectivity index is 1.90. The summed E-state index contributed by atoms with van der Waals surface area (Å²) in [6, 6.07) is 2.42. The molecule has 4 heteroatoms. The zero-order valence-electron chi connectivity index (χ0n) is 12.6. The molecule has 1 aliphatic heterocycles. The second kappa shape index (κ2) is 7.23. The van der Waals surface area contributed by atoms with E-state index in [2.05, 4.69) is 30.2 Å². The van der Waals surface area contributed by atoms with Gasteiger partial charge in [-0.2, -0.15) is 0 Å². The van der Waals surface area contributed by atoms with Crippen molar-refractivity contribution in [1.29, 1.82) is 0 Å². The number of carbonyl (C=O) groups is 1. The van der Waals surface area contributed by atoms with Crippen molar-refractivity contribution >= 4 is 17.2 Å². The van der Waals surface area contributed by atoms with Crippen molar-refractivity contribution in [3.8, 4) is 0 Å². The number of rotatable bonds is 6. The lowest BCUT2D eigenvalue weighted by molar-refractivity contribution is -0.134. The van der Waals surface area contributed by atoms with E-state index in [9.17, 15) is 4.79 Å². The highest BCUT2D eigenvalue weighted by atomic mass is 32.1. The Kier molecular flexibility index (Phi) is 5.61. The molecule has 1 aliphatic rings. The zero-order valence-corrected chi connectivity index (χ0v) is 13.4. The molecule has 0 aromatic carbocycles. The summed E-state index contributed by atoms with van der Waals surface area (Å²) in [5.74, 6) is 0.908. The lowest BCUT2D eigenvalue weighted by Gasteiger charge is -2.34. The van der Waals surface area contributed by atoms with Crippen molar-refractivity contribution in [2.24, 2.45) is 11.7 Å². The van der Waals surface area contributed by atoms with Crippen LogP contribution in [0.1, 0.15) is 56.0 Å². The van der Waals surface area contributed by atoms with Gasteiger partial charge in [-0.3, -0.25) is 4.79 Å². The van der Waals surface area contributed by atoms with E-state index in [1.165, 1.54) is 10.4 Å². The molecule has 0 bridgehead atoms. The number of carbonyl (C=O) groups excluding carboxylic acids is 1. The molecule has 112 valence electrons. The number of nitrogens with zero attached hydrogens (tertiary/aromatic N) is 1. The van der Waals surface area contributed by atoms with Crippen molar-refractivity contribution in [3.05, 3.63) is 21.9 Å². The summed E-state index contributed by atoms with van der Waals surface area (Å²) in [7, 11) is 0. The summed E-state index contributed by atoms with van der Waals surface area (Å²) in [6.45, 7) is 5.94. The van der Waals surface area contributed by atoms with Crippen LogP contribution >= 0.6 is 11.3 Å². The monoisotopic (exact) mass is 294 g/mol. The van der Waals surface area contributed by atoms with Crippen LogP contribution in [0.15, 0.2) is 11.4 Å². The van der Waals surface area contributed by atoms with E-state index in [1.807, 2.05) is 11.3 Å². The molecule has 0 spiro atoms. The van der Waals surface area contributed by atoms with Crippen LogP contribution in [0.5, 0.6) is 0 Å². The number of nitrogens with two attached hydrogens (primary N) is 1. The molecule has 2 heterocycles. The first-order valence-electron chi connectivity index (χ1n) is 7.73. The van der Waals surface area contributed by atoms with Crippen molar-refractivity contribution in [2.45, 2.75) is 52.0 Å². The molecule has 3 nitrogen and oxygen atoms in total. The minimum absolute atomic E-state index is 0.243. The van der Waals surface area contributed by atoms with Crippen LogP contribution in [0.3, 0.4) is 0 Å². The van der Waals surface area contributed by atoms with Gasteiger partial charge in [-0.15, -0.1) is 11.3 Å². The predicted molar refractivity (Wildman–Crippen MR) is 84.8 cm³/mol. The molecule has 0 radical (unpaired) electrons. The van der Waals surface area contributed by atoms with E-state index in [0.717, 1.165) is 38.8 Å². The Labute approximate surface area is 126 Å². The van der Waals surface area contributed by atoms with Crippen molar-refractivity contribution in [1.82, 2.24) is 4.90 Å². The third-order valence-corrected chi connectivity index (χ3v) is 5.51. The molecular formula is C16H26N2OS. The maximum absolute atomic E-state index is 12.5. The van der Waals surface area contributed by atoms with E-state index in [4.69, 9.17) is 5.73 Å². The summed E-state index contributed by atoms with van der Waals surface area (Å²) in [6.07, 6.45) is 4.82. The van der Waals surface area contributed by atoms with Gasteiger partial charge in [-0.25, -0.2) is 0 Å². The molecule has 1 amide bonds. The maximum atomic E-state index is 12.5. The van der Waals surface area contributed by atoms with Crippen LogP contribution in [0.4, 0.5) is 0 Å². The quantitative estimate of drug-likeness (QED) is 0.874. The van der Waals surface area contributed by atoms with E-state index >= 15 is 0 Å². The molecular weight excluding hydrogens is 268 g/mol. The highest BCUT2D eigenvalue weighted by Gasteiger charge is 2.28. The molecule has 2 unspecified atom stereocenters. The van der Waals surface area contributed by atoms with E-state index in [-0.39, 0.29) is 6.04 Å². The second-order valence-electron chi connectivity index (χ2n) is 5.70. The van der Waals surface area contributed by atoms with Gasteiger partial charge in [0.2, 0.25) is 5.91 Å². The van der Waals surface area contributed by atoms with Gasteiger partial charge >= 0.3 is 0 Å². The van der Waals surface area contributed by atoms with Gasteiger partial charge in [0.05, 0.1) is 6.04 Å². The maximum Gasteiger partial charge on any atom is 0.223 e. The molecule has 2 rings (SSSR count). The van der Waals surface area contributed by atoms with E-state index < -0.39 is 0 Å². The fourth-order valence-electron chi connectivity index (χ4n) is 3.11. The fraction of sp³-hybridized carbons (Fsp3) is 0.688. The highest BCUT2D eigenvalue weighted by Crippen LogP contribution is 2.33. The highest BCUT2D eigenvalue weighted by molar-refractivity contribution is 7.10. The van der Waals surface area contributed by atoms with Crippen LogP contribution in [0.2, 0.25) is 0 Å². The topological polar surface area (TPSA) is 46.3 Å². The first-order chi connectivity index (χ1) is 9.67. The zero-order chi connectivity index (χ0) is 14.5. The number of thiophene rings is 1. The Bertz CT molecular complexity index is 443. The first kappa shape index (κ1) is 15.5. The van der Waals surface area contributed by atoms with Crippen LogP contribution in [0.25, 0.3) is 0 Å². The van der Waals surface area contributed by atoms with Crippen LogP contribution in [-0.4, -0.2) is 23.9 Å². The van der Waals surface area contributed by atoms with Crippen molar-refractivity contribution in [3.63, 3.8) is 0 Å². The van der Waals surface area contributed by atoms with Gasteiger partial charge in [0.15, 0.2) is 0 Å². The SMILES string of the molecule is CCC(CCN)CCC(=O)N1CCc2sccc2C1C. The molecule has 0 saturated carbocycles. The Hall–Kier alpha value is -0.870. The van der Waals surface area contributed by atoms with Gasteiger partial charge < -0.3 is 10.6 Å². The third kappa shape index (κ3) is 3.41. The normalized spacial score (nSPS) is 19.8. The van der Waals surface area contributed by atoms with Gasteiger partial charge in [-0.05, 0) is 55.7 Å². The number of fused-ring (bicyclic) bond motifs is 1. The lowest BCUT2D eigenvalue weighted by Crippen LogP contribution is -2.38. The van der Waals surface area contributed by atoms with E-state index in [0.29, 0.717) is 18.2 Å². The van der Waals surface area contributed by atoms with Crippen molar-refractivity contribution in [2.75, 3.05) is 13.1 Å². The smallest absolute Gasteiger partial charge is 0.223 e. The molecule has 1 aromatic rings. The van der Waals surface area contributed by atoms with Crippen LogP contribution in [-0.2, 0) is 11.2 Å². The predicted octanol–water partition coefficient (Wildman–Crippen LogP) is 3.35. The summed E-state index contributed by atoms with van der Waals surface area (Å²) in [5.41, 5.74) is 6.97. The first-order valence-corrected chi connectivity index (χ1v) is 8.61. The molecule has 20 heavy (non-hydrogen) atoms. The molecule has 1 aromatic heterocycles. The Morgan fingerprint density at radius 1 is 1.55 bits per heavy atom. The Morgan fingerprint density at radius 2 is 2.35 bits per heavy atom. The van der Waals surface area contributed by atoms with Gasteiger partial charge in [0, 0.05) is 17.8 Å². The lowest BCUT2D eigenvalue weighted by atomic mass is 9.95. The standard InChI is InChI=1S/C16H26N2OS/c1-3-13(6-9-17)4-5-16(19)18-10-7-15-14(12(18)2)8-11-20-15/h8,11-13H,3-7,9-10,17H2,1-2H3. The van der Waals surface area contributed by atoms with Crippen LogP contribution < -0.4 is 5.73 Å². The average molecular weight is 294 g/mol. The average Bonchev–Trinajstić information content (AvgIpc) is 2.93. The van der Waals surface area contributed by atoms with Crippen LogP contribution in [0, 0.1) is 5.92 Å². The van der Waals surface area contributed by atoms with E-state index in [1.54, 1.807) is 0 Å². The molecule has 2 N–H and O–H groups in total. The molecule has 2 atom stereocenters. The minimum atomic E-state index is 0.243.